The van der Waals surface area contributed by atoms with Crippen molar-refractivity contribution in [3.8, 4) is 0 Å². The molecule has 12 nitrogen and oxygen atoms in total. The van der Waals surface area contributed by atoms with E-state index in [1.807, 2.05) is 48.5 Å². The Bertz CT molecular complexity index is 1720. The molecule has 2 unspecified atom stereocenters. The largest absolute Gasteiger partial charge is 0.481 e. The predicted octanol–water partition coefficient (Wildman–Crippen LogP) is 4.24. The maximum absolute atomic E-state index is 14.4. The highest BCUT2D eigenvalue weighted by Crippen LogP contribution is 2.42. The van der Waals surface area contributed by atoms with E-state index in [-0.39, 0.29) is 43.4 Å². The molecular weight excluding hydrogens is 652 g/mol. The Kier molecular flexibility index (Phi) is 11.9. The molecule has 4 amide bonds. The van der Waals surface area contributed by atoms with Gasteiger partial charge in [0.2, 0.25) is 17.7 Å². The number of carboxylic acid groups (broad SMARTS) is 2. The van der Waals surface area contributed by atoms with E-state index in [4.69, 9.17) is 0 Å². The average molecular weight is 697 g/mol. The normalized spacial score (nSPS) is 18.6. The van der Waals surface area contributed by atoms with Crippen molar-refractivity contribution in [2.45, 2.75) is 83.0 Å². The number of rotatable bonds is 15. The highest BCUT2D eigenvalue weighted by Gasteiger charge is 2.49. The van der Waals surface area contributed by atoms with E-state index in [9.17, 15) is 39.0 Å². The minimum atomic E-state index is -1.20. The Morgan fingerprint density at radius 2 is 1.47 bits per heavy atom. The molecule has 3 aromatic carbocycles. The van der Waals surface area contributed by atoms with Gasteiger partial charge in [-0.1, -0.05) is 85.6 Å². The van der Waals surface area contributed by atoms with Gasteiger partial charge < -0.3 is 25.7 Å². The fourth-order valence-corrected chi connectivity index (χ4v) is 7.23. The van der Waals surface area contributed by atoms with Gasteiger partial charge in [0.05, 0.1) is 11.8 Å². The first kappa shape index (κ1) is 36.8. The predicted molar refractivity (Wildman–Crippen MR) is 188 cm³/mol. The fourth-order valence-electron chi connectivity index (χ4n) is 7.23. The van der Waals surface area contributed by atoms with Gasteiger partial charge in [-0.05, 0) is 48.1 Å². The Balaban J connectivity index is 1.41. The first-order valence-corrected chi connectivity index (χ1v) is 17.3. The van der Waals surface area contributed by atoms with Crippen LogP contribution in [0.5, 0.6) is 0 Å². The van der Waals surface area contributed by atoms with Crippen LogP contribution >= 0.6 is 0 Å². The number of carbonyl (C=O) groups excluding carboxylic acids is 4. The highest BCUT2D eigenvalue weighted by molar-refractivity contribution is 6.04. The summed E-state index contributed by atoms with van der Waals surface area (Å²) in [5, 5.41) is 24.9. The van der Waals surface area contributed by atoms with Crippen molar-refractivity contribution in [1.29, 1.82) is 0 Å². The number of nitrogens with zero attached hydrogens (tertiary/aromatic N) is 2. The van der Waals surface area contributed by atoms with Crippen LogP contribution in [0.1, 0.15) is 74.7 Å². The molecule has 1 saturated carbocycles. The molecule has 3 atom stereocenters. The summed E-state index contributed by atoms with van der Waals surface area (Å²) in [4.78, 5) is 79.9. The van der Waals surface area contributed by atoms with Crippen LogP contribution in [-0.4, -0.2) is 69.3 Å². The van der Waals surface area contributed by atoms with Crippen LogP contribution in [0.25, 0.3) is 0 Å². The van der Waals surface area contributed by atoms with Gasteiger partial charge in [-0.15, -0.1) is 0 Å². The number of carbonyl (C=O) groups is 6. The molecule has 1 aliphatic heterocycles. The molecule has 5 rings (SSSR count). The van der Waals surface area contributed by atoms with Crippen molar-refractivity contribution in [2.75, 3.05) is 11.4 Å². The molecule has 1 saturated heterocycles. The summed E-state index contributed by atoms with van der Waals surface area (Å²) in [5.41, 5.74) is 1.85. The number of aliphatic carboxylic acids is 2. The molecule has 268 valence electrons. The van der Waals surface area contributed by atoms with Crippen LogP contribution in [0.15, 0.2) is 84.9 Å². The lowest BCUT2D eigenvalue weighted by Crippen LogP contribution is -2.49. The number of hydrogen-bond acceptors (Lipinski definition) is 6. The van der Waals surface area contributed by atoms with Gasteiger partial charge >= 0.3 is 11.9 Å². The molecule has 2 fully saturated rings. The molecule has 0 spiro atoms. The van der Waals surface area contributed by atoms with Crippen molar-refractivity contribution >= 4 is 41.3 Å². The second kappa shape index (κ2) is 16.5. The van der Waals surface area contributed by atoms with Crippen molar-refractivity contribution in [2.24, 2.45) is 5.41 Å². The monoisotopic (exact) mass is 696 g/mol. The lowest BCUT2D eigenvalue weighted by atomic mass is 9.81. The Hall–Kier alpha value is -5.52. The zero-order valence-corrected chi connectivity index (χ0v) is 28.6. The van der Waals surface area contributed by atoms with Crippen LogP contribution in [0.4, 0.5) is 5.69 Å². The summed E-state index contributed by atoms with van der Waals surface area (Å²) in [5.74, 6) is -3.61. The standard InChI is InChI=1S/C39H44N4O8/c1-26(44)40-23-22-39(20-8-9-21-39)38(51)41-31(37(49)50)24-28-14-16-30(17-15-28)42-35(29-12-6-3-7-13-29)43(33(45)18-19-34(46)47)32(36(42)48)25-27-10-4-2-5-11-27/h2-7,10-17,31-32,35H,8-9,18-25H2,1H3,(H,40,44)(H,41,51)(H,46,47)(H,49,50)/t31?,32-,35?/m1/s1. The lowest BCUT2D eigenvalue weighted by Gasteiger charge is -2.32. The summed E-state index contributed by atoms with van der Waals surface area (Å²) < 4.78 is 0. The molecule has 0 aromatic heterocycles. The third kappa shape index (κ3) is 8.80. The van der Waals surface area contributed by atoms with Gasteiger partial charge in [-0.3, -0.25) is 28.9 Å². The van der Waals surface area contributed by atoms with E-state index in [1.54, 1.807) is 41.3 Å². The molecule has 12 heteroatoms. The zero-order valence-electron chi connectivity index (χ0n) is 28.6. The molecule has 0 bridgehead atoms. The second-order valence-electron chi connectivity index (χ2n) is 13.3. The van der Waals surface area contributed by atoms with E-state index in [0.717, 1.165) is 18.4 Å². The summed E-state index contributed by atoms with van der Waals surface area (Å²) in [6.07, 6.45) is 2.06. The van der Waals surface area contributed by atoms with Crippen molar-refractivity contribution in [3.05, 3.63) is 102 Å². The number of nitrogens with one attached hydrogen (secondary N) is 2. The first-order valence-electron chi connectivity index (χ1n) is 17.3. The Morgan fingerprint density at radius 3 is 2.06 bits per heavy atom. The summed E-state index contributed by atoms with van der Waals surface area (Å²) in [6.45, 7) is 1.74. The third-order valence-corrected chi connectivity index (χ3v) is 9.85. The van der Waals surface area contributed by atoms with Gasteiger partial charge in [-0.25, -0.2) is 4.79 Å². The van der Waals surface area contributed by atoms with Crippen molar-refractivity contribution in [1.82, 2.24) is 15.5 Å². The number of benzene rings is 3. The minimum Gasteiger partial charge on any atom is -0.481 e. The summed E-state index contributed by atoms with van der Waals surface area (Å²) in [6, 6.07) is 23.1. The minimum absolute atomic E-state index is 0.00434. The maximum atomic E-state index is 14.4. The van der Waals surface area contributed by atoms with Crippen molar-refractivity contribution in [3.63, 3.8) is 0 Å². The second-order valence-corrected chi connectivity index (χ2v) is 13.3. The number of amides is 4. The smallest absolute Gasteiger partial charge is 0.326 e. The average Bonchev–Trinajstić information content (AvgIpc) is 3.71. The molecule has 2 aliphatic rings. The van der Waals surface area contributed by atoms with Crippen molar-refractivity contribution < 1.29 is 39.0 Å². The first-order chi connectivity index (χ1) is 24.5. The molecule has 51 heavy (non-hydrogen) atoms. The van der Waals surface area contributed by atoms with Crippen LogP contribution in [0.2, 0.25) is 0 Å². The lowest BCUT2D eigenvalue weighted by molar-refractivity contribution is -0.144. The molecule has 1 aliphatic carbocycles. The number of hydrogen-bond donors (Lipinski definition) is 4. The molecule has 3 aromatic rings. The maximum Gasteiger partial charge on any atom is 0.326 e. The van der Waals surface area contributed by atoms with Crippen LogP contribution < -0.4 is 15.5 Å². The van der Waals surface area contributed by atoms with Gasteiger partial charge in [0.15, 0.2) is 0 Å². The van der Waals surface area contributed by atoms with E-state index >= 15 is 0 Å². The van der Waals surface area contributed by atoms with Crippen LogP contribution in [0, 0.1) is 5.41 Å². The van der Waals surface area contributed by atoms with Gasteiger partial charge in [-0.2, -0.15) is 0 Å². The Morgan fingerprint density at radius 1 is 0.843 bits per heavy atom. The highest BCUT2D eigenvalue weighted by atomic mass is 16.4. The zero-order chi connectivity index (χ0) is 36.5. The summed E-state index contributed by atoms with van der Waals surface area (Å²) >= 11 is 0. The SMILES string of the molecule is CC(=O)NCCC1(C(=O)NC(Cc2ccc(N3C(=O)[C@@H](Cc4ccccc4)N(C(=O)CCC(=O)O)C3c3ccccc3)cc2)C(=O)O)CCCC1. The van der Waals surface area contributed by atoms with E-state index in [0.29, 0.717) is 42.6 Å². The summed E-state index contributed by atoms with van der Waals surface area (Å²) in [7, 11) is 0. The van der Waals surface area contributed by atoms with Gasteiger partial charge in [0.25, 0.3) is 5.91 Å². The van der Waals surface area contributed by atoms with Crippen LogP contribution in [0.3, 0.4) is 0 Å². The number of anilines is 1. The van der Waals surface area contributed by atoms with E-state index in [2.05, 4.69) is 10.6 Å². The van der Waals surface area contributed by atoms with Crippen LogP contribution in [-0.2, 0) is 41.6 Å². The van der Waals surface area contributed by atoms with E-state index < -0.39 is 41.5 Å². The quantitative estimate of drug-likeness (QED) is 0.183. The molecular formula is C39H44N4O8. The molecule has 1 heterocycles. The third-order valence-electron chi connectivity index (χ3n) is 9.85. The number of carboxylic acids is 2. The van der Waals surface area contributed by atoms with Gasteiger partial charge in [0, 0.05) is 38.4 Å². The molecule has 0 radical (unpaired) electrons. The molecule has 4 N–H and O–H groups in total. The topological polar surface area (TPSA) is 173 Å². The van der Waals surface area contributed by atoms with E-state index in [1.165, 1.54) is 11.8 Å². The Labute approximate surface area is 296 Å². The van der Waals surface area contributed by atoms with Gasteiger partial charge in [0.1, 0.15) is 18.2 Å². The fraction of sp³-hybridized carbons (Fsp3) is 0.385.